The molecule has 3 heteroatoms. The van der Waals surface area contributed by atoms with Crippen LogP contribution in [0.3, 0.4) is 0 Å². The lowest BCUT2D eigenvalue weighted by Crippen LogP contribution is -2.32. The highest BCUT2D eigenvalue weighted by Gasteiger charge is 2.13. The van der Waals surface area contributed by atoms with Gasteiger partial charge in [-0.2, -0.15) is 0 Å². The molecule has 0 amide bonds. The fourth-order valence-electron chi connectivity index (χ4n) is 1.91. The molecule has 0 saturated heterocycles. The maximum absolute atomic E-state index is 5.84. The smallest absolute Gasteiger partial charge is 0.0468 e. The molecule has 1 heterocycles. The molecule has 1 rings (SSSR count). The van der Waals surface area contributed by atoms with Crippen LogP contribution in [-0.2, 0) is 6.54 Å². The topological polar surface area (TPSA) is 38.0 Å². The Kier molecular flexibility index (Phi) is 5.12. The molecule has 2 nitrogen and oxygen atoms in total. The van der Waals surface area contributed by atoms with E-state index in [4.69, 9.17) is 5.73 Å². The number of nitrogens with one attached hydrogen (secondary N) is 1. The molecule has 1 aromatic heterocycles. The van der Waals surface area contributed by atoms with Crippen LogP contribution in [0.2, 0.25) is 0 Å². The number of nitrogen functional groups attached to an aromatic ring is 1. The van der Waals surface area contributed by atoms with Crippen molar-refractivity contribution in [1.82, 2.24) is 5.32 Å². The Balaban J connectivity index is 2.40. The van der Waals surface area contributed by atoms with Gasteiger partial charge in [0.15, 0.2) is 0 Å². The van der Waals surface area contributed by atoms with E-state index in [9.17, 15) is 0 Å². The third-order valence-electron chi connectivity index (χ3n) is 3.12. The SMILES string of the molecule is CCC(CC)C(C)NCc1sccc1N. The van der Waals surface area contributed by atoms with Crippen LogP contribution in [0.25, 0.3) is 0 Å². The molecule has 0 aliphatic heterocycles. The summed E-state index contributed by atoms with van der Waals surface area (Å²) >= 11 is 1.73. The fourth-order valence-corrected chi connectivity index (χ4v) is 2.66. The van der Waals surface area contributed by atoms with Crippen LogP contribution < -0.4 is 11.1 Å². The average molecular weight is 226 g/mol. The van der Waals surface area contributed by atoms with Crippen LogP contribution in [0, 0.1) is 5.92 Å². The van der Waals surface area contributed by atoms with Gasteiger partial charge >= 0.3 is 0 Å². The van der Waals surface area contributed by atoms with E-state index >= 15 is 0 Å². The summed E-state index contributed by atoms with van der Waals surface area (Å²) in [7, 11) is 0. The molecule has 0 aliphatic carbocycles. The summed E-state index contributed by atoms with van der Waals surface area (Å²) in [6.07, 6.45) is 2.48. The predicted octanol–water partition coefficient (Wildman–Crippen LogP) is 3.24. The quantitative estimate of drug-likeness (QED) is 0.781. The third kappa shape index (κ3) is 3.50. The van der Waals surface area contributed by atoms with Crippen LogP contribution in [-0.4, -0.2) is 6.04 Å². The van der Waals surface area contributed by atoms with E-state index in [0.717, 1.165) is 18.2 Å². The molecule has 0 aromatic carbocycles. The van der Waals surface area contributed by atoms with E-state index in [0.29, 0.717) is 6.04 Å². The molecule has 3 N–H and O–H groups in total. The van der Waals surface area contributed by atoms with Gasteiger partial charge in [0.2, 0.25) is 0 Å². The second-order valence-electron chi connectivity index (χ2n) is 4.05. The zero-order valence-corrected chi connectivity index (χ0v) is 10.7. The first-order chi connectivity index (χ1) is 7.19. The van der Waals surface area contributed by atoms with E-state index < -0.39 is 0 Å². The minimum absolute atomic E-state index is 0.571. The Morgan fingerprint density at radius 3 is 2.53 bits per heavy atom. The van der Waals surface area contributed by atoms with E-state index in [-0.39, 0.29) is 0 Å². The molecule has 15 heavy (non-hydrogen) atoms. The summed E-state index contributed by atoms with van der Waals surface area (Å²) in [6, 6.07) is 2.55. The van der Waals surface area contributed by atoms with Crippen LogP contribution >= 0.6 is 11.3 Å². The molecule has 0 bridgehead atoms. The fraction of sp³-hybridized carbons (Fsp3) is 0.667. The molecule has 0 fully saturated rings. The largest absolute Gasteiger partial charge is 0.398 e. The molecule has 1 aromatic rings. The zero-order valence-electron chi connectivity index (χ0n) is 9.92. The standard InChI is InChI=1S/C12H22N2S/c1-4-10(5-2)9(3)14-8-12-11(13)6-7-15-12/h6-7,9-10,14H,4-5,8,13H2,1-3H3. The minimum atomic E-state index is 0.571. The Bertz CT molecular complexity index is 279. The number of anilines is 1. The highest BCUT2D eigenvalue weighted by Crippen LogP contribution is 2.19. The summed E-state index contributed by atoms with van der Waals surface area (Å²) in [5.74, 6) is 0.770. The summed E-state index contributed by atoms with van der Waals surface area (Å²) in [6.45, 7) is 7.68. The van der Waals surface area contributed by atoms with Gasteiger partial charge < -0.3 is 11.1 Å². The number of nitrogens with two attached hydrogens (primary N) is 1. The van der Waals surface area contributed by atoms with Crippen molar-refractivity contribution in [2.75, 3.05) is 5.73 Å². The van der Waals surface area contributed by atoms with E-state index in [2.05, 4.69) is 26.1 Å². The van der Waals surface area contributed by atoms with Crippen LogP contribution in [0.4, 0.5) is 5.69 Å². The first-order valence-corrected chi connectivity index (χ1v) is 6.62. The molecule has 0 aliphatic rings. The van der Waals surface area contributed by atoms with Crippen molar-refractivity contribution in [3.8, 4) is 0 Å². The molecule has 86 valence electrons. The van der Waals surface area contributed by atoms with Crippen molar-refractivity contribution in [3.05, 3.63) is 16.3 Å². The summed E-state index contributed by atoms with van der Waals surface area (Å²) in [5.41, 5.74) is 6.76. The maximum Gasteiger partial charge on any atom is 0.0468 e. The van der Waals surface area contributed by atoms with Crippen molar-refractivity contribution in [1.29, 1.82) is 0 Å². The highest BCUT2D eigenvalue weighted by molar-refractivity contribution is 7.10. The molecule has 1 unspecified atom stereocenters. The second kappa shape index (κ2) is 6.13. The molecule has 0 spiro atoms. The van der Waals surface area contributed by atoms with Gasteiger partial charge in [-0.3, -0.25) is 0 Å². The van der Waals surface area contributed by atoms with Crippen LogP contribution in [0.15, 0.2) is 11.4 Å². The summed E-state index contributed by atoms with van der Waals surface area (Å²) < 4.78 is 0. The lowest BCUT2D eigenvalue weighted by atomic mass is 9.95. The molecule has 1 atom stereocenters. The Hall–Kier alpha value is -0.540. The van der Waals surface area contributed by atoms with Gasteiger partial charge in [-0.05, 0) is 24.3 Å². The van der Waals surface area contributed by atoms with Gasteiger partial charge in [0.05, 0.1) is 0 Å². The third-order valence-corrected chi connectivity index (χ3v) is 4.06. The van der Waals surface area contributed by atoms with Crippen molar-refractivity contribution >= 4 is 17.0 Å². The first kappa shape index (κ1) is 12.5. The summed E-state index contributed by atoms with van der Waals surface area (Å²) in [5, 5.41) is 5.61. The monoisotopic (exact) mass is 226 g/mol. The van der Waals surface area contributed by atoms with Gasteiger partial charge in [0.1, 0.15) is 0 Å². The normalized spacial score (nSPS) is 13.3. The number of thiophene rings is 1. The molecular weight excluding hydrogens is 204 g/mol. The zero-order chi connectivity index (χ0) is 11.3. The number of hydrogen-bond acceptors (Lipinski definition) is 3. The lowest BCUT2D eigenvalue weighted by molar-refractivity contribution is 0.354. The maximum atomic E-state index is 5.84. The first-order valence-electron chi connectivity index (χ1n) is 5.74. The van der Waals surface area contributed by atoms with Gasteiger partial charge in [-0.25, -0.2) is 0 Å². The Morgan fingerprint density at radius 2 is 2.07 bits per heavy atom. The van der Waals surface area contributed by atoms with Gasteiger partial charge in [-0.15, -0.1) is 11.3 Å². The van der Waals surface area contributed by atoms with Gasteiger partial charge in [-0.1, -0.05) is 26.7 Å². The highest BCUT2D eigenvalue weighted by atomic mass is 32.1. The van der Waals surface area contributed by atoms with E-state index in [1.165, 1.54) is 17.7 Å². The van der Waals surface area contributed by atoms with E-state index in [1.54, 1.807) is 11.3 Å². The van der Waals surface area contributed by atoms with Crippen molar-refractivity contribution < 1.29 is 0 Å². The van der Waals surface area contributed by atoms with Crippen molar-refractivity contribution in [3.63, 3.8) is 0 Å². The summed E-state index contributed by atoms with van der Waals surface area (Å²) in [4.78, 5) is 1.26. The predicted molar refractivity (Wildman–Crippen MR) is 69.1 cm³/mol. The van der Waals surface area contributed by atoms with Crippen LogP contribution in [0.1, 0.15) is 38.5 Å². The molecule has 0 saturated carbocycles. The average Bonchev–Trinajstić information content (AvgIpc) is 2.63. The van der Waals surface area contributed by atoms with E-state index in [1.807, 2.05) is 11.4 Å². The molecular formula is C12H22N2S. The Morgan fingerprint density at radius 1 is 1.40 bits per heavy atom. The Labute approximate surface area is 96.9 Å². The second-order valence-corrected chi connectivity index (χ2v) is 5.05. The van der Waals surface area contributed by atoms with Crippen molar-refractivity contribution in [2.45, 2.75) is 46.2 Å². The minimum Gasteiger partial charge on any atom is -0.398 e. The van der Waals surface area contributed by atoms with Gasteiger partial charge in [0.25, 0.3) is 0 Å². The lowest BCUT2D eigenvalue weighted by Gasteiger charge is -2.22. The van der Waals surface area contributed by atoms with Crippen molar-refractivity contribution in [2.24, 2.45) is 5.92 Å². The van der Waals surface area contributed by atoms with Gasteiger partial charge in [0, 0.05) is 23.2 Å². The van der Waals surface area contributed by atoms with Crippen LogP contribution in [0.5, 0.6) is 0 Å². The molecule has 0 radical (unpaired) electrons. The number of rotatable bonds is 6. The number of hydrogen-bond donors (Lipinski definition) is 2.